The first-order chi connectivity index (χ1) is 8.08. The molecule has 0 atom stereocenters. The summed E-state index contributed by atoms with van der Waals surface area (Å²) in [5, 5.41) is 8.63. The summed E-state index contributed by atoms with van der Waals surface area (Å²) in [4.78, 5) is 14.1. The molecule has 1 aromatic carbocycles. The number of aromatic nitrogens is 1. The summed E-state index contributed by atoms with van der Waals surface area (Å²) >= 11 is 0. The standard InChI is InChI=1S/C12H7F2NO2/c13-8-3-1-2-7(6-8)10-5-4-9(12(16)17)11(14)15-10/h1-6H,(H,16,17). The molecule has 1 heterocycles. The lowest BCUT2D eigenvalue weighted by atomic mass is 10.1. The van der Waals surface area contributed by atoms with Gasteiger partial charge in [0.15, 0.2) is 0 Å². The zero-order chi connectivity index (χ0) is 12.4. The first-order valence-corrected chi connectivity index (χ1v) is 4.73. The Hall–Kier alpha value is -2.30. The van der Waals surface area contributed by atoms with Crippen LogP contribution in [0.3, 0.4) is 0 Å². The highest BCUT2D eigenvalue weighted by Crippen LogP contribution is 2.19. The number of aromatic carboxylic acids is 1. The second kappa shape index (κ2) is 4.29. The number of carboxylic acid groups (broad SMARTS) is 1. The Bertz CT molecular complexity index is 584. The number of hydrogen-bond acceptors (Lipinski definition) is 2. The maximum Gasteiger partial charge on any atom is 0.340 e. The molecule has 2 rings (SSSR count). The van der Waals surface area contributed by atoms with E-state index in [-0.39, 0.29) is 5.69 Å². The summed E-state index contributed by atoms with van der Waals surface area (Å²) in [5.41, 5.74) is 0.0676. The smallest absolute Gasteiger partial charge is 0.340 e. The number of pyridine rings is 1. The predicted octanol–water partition coefficient (Wildman–Crippen LogP) is 2.73. The van der Waals surface area contributed by atoms with Crippen molar-refractivity contribution in [3.8, 4) is 11.3 Å². The van der Waals surface area contributed by atoms with Gasteiger partial charge in [-0.3, -0.25) is 0 Å². The van der Waals surface area contributed by atoms with Crippen LogP contribution < -0.4 is 0 Å². The van der Waals surface area contributed by atoms with Gasteiger partial charge in [-0.25, -0.2) is 14.2 Å². The van der Waals surface area contributed by atoms with Gasteiger partial charge >= 0.3 is 5.97 Å². The zero-order valence-electron chi connectivity index (χ0n) is 8.52. The van der Waals surface area contributed by atoms with Crippen molar-refractivity contribution in [3.05, 3.63) is 53.7 Å². The molecule has 0 aliphatic rings. The maximum absolute atomic E-state index is 13.3. The minimum absolute atomic E-state index is 0.187. The monoisotopic (exact) mass is 235 g/mol. The summed E-state index contributed by atoms with van der Waals surface area (Å²) in [6.45, 7) is 0. The van der Waals surface area contributed by atoms with Gasteiger partial charge in [0.1, 0.15) is 11.4 Å². The van der Waals surface area contributed by atoms with E-state index in [0.717, 1.165) is 6.07 Å². The maximum atomic E-state index is 13.3. The summed E-state index contributed by atoms with van der Waals surface area (Å²) in [5.74, 6) is -2.94. The molecule has 17 heavy (non-hydrogen) atoms. The molecule has 0 unspecified atom stereocenters. The van der Waals surface area contributed by atoms with Crippen molar-refractivity contribution in [2.24, 2.45) is 0 Å². The number of hydrogen-bond donors (Lipinski definition) is 1. The van der Waals surface area contributed by atoms with E-state index in [1.807, 2.05) is 0 Å². The highest BCUT2D eigenvalue weighted by Gasteiger charge is 2.12. The first-order valence-electron chi connectivity index (χ1n) is 4.73. The quantitative estimate of drug-likeness (QED) is 0.814. The van der Waals surface area contributed by atoms with Crippen LogP contribution in [-0.4, -0.2) is 16.1 Å². The lowest BCUT2D eigenvalue weighted by Gasteiger charge is -2.02. The lowest BCUT2D eigenvalue weighted by molar-refractivity contribution is 0.0691. The van der Waals surface area contributed by atoms with Crippen molar-refractivity contribution >= 4 is 5.97 Å². The molecule has 0 aliphatic heterocycles. The fraction of sp³-hybridized carbons (Fsp3) is 0. The Labute approximate surface area is 95.4 Å². The number of nitrogens with zero attached hydrogens (tertiary/aromatic N) is 1. The van der Waals surface area contributed by atoms with E-state index in [2.05, 4.69) is 4.98 Å². The Morgan fingerprint density at radius 3 is 2.53 bits per heavy atom. The molecule has 0 bridgehead atoms. The van der Waals surface area contributed by atoms with E-state index in [1.165, 1.54) is 24.3 Å². The molecule has 1 aromatic heterocycles. The molecule has 2 aromatic rings. The summed E-state index contributed by atoms with van der Waals surface area (Å²) in [6.07, 6.45) is 0. The summed E-state index contributed by atoms with van der Waals surface area (Å²) < 4.78 is 26.2. The predicted molar refractivity (Wildman–Crippen MR) is 56.5 cm³/mol. The van der Waals surface area contributed by atoms with Gasteiger partial charge in [0.05, 0.1) is 5.69 Å². The average molecular weight is 235 g/mol. The summed E-state index contributed by atoms with van der Waals surface area (Å²) in [6, 6.07) is 7.92. The van der Waals surface area contributed by atoms with Crippen LogP contribution in [0.25, 0.3) is 11.3 Å². The molecule has 3 nitrogen and oxygen atoms in total. The molecule has 0 saturated carbocycles. The van der Waals surface area contributed by atoms with Crippen LogP contribution in [0.15, 0.2) is 36.4 Å². The number of rotatable bonds is 2. The van der Waals surface area contributed by atoms with Crippen LogP contribution in [0.2, 0.25) is 0 Å². The number of carbonyl (C=O) groups is 1. The average Bonchev–Trinajstić information content (AvgIpc) is 2.28. The van der Waals surface area contributed by atoms with E-state index in [9.17, 15) is 13.6 Å². The third-order valence-electron chi connectivity index (χ3n) is 2.20. The first kappa shape index (κ1) is 11.2. The molecule has 0 amide bonds. The SMILES string of the molecule is O=C(O)c1ccc(-c2cccc(F)c2)nc1F. The fourth-order valence-corrected chi connectivity index (χ4v) is 1.40. The number of benzene rings is 1. The van der Waals surface area contributed by atoms with Gasteiger partial charge in [0.25, 0.3) is 0 Å². The van der Waals surface area contributed by atoms with E-state index < -0.39 is 23.3 Å². The molecular weight excluding hydrogens is 228 g/mol. The fourth-order valence-electron chi connectivity index (χ4n) is 1.40. The lowest BCUT2D eigenvalue weighted by Crippen LogP contribution is -2.03. The molecule has 1 N–H and O–H groups in total. The van der Waals surface area contributed by atoms with Crippen molar-refractivity contribution in [1.29, 1.82) is 0 Å². The van der Waals surface area contributed by atoms with Gasteiger partial charge < -0.3 is 5.11 Å². The van der Waals surface area contributed by atoms with Crippen LogP contribution in [0.4, 0.5) is 8.78 Å². The van der Waals surface area contributed by atoms with Crippen LogP contribution in [0, 0.1) is 11.8 Å². The molecule has 0 spiro atoms. The van der Waals surface area contributed by atoms with Crippen molar-refractivity contribution in [3.63, 3.8) is 0 Å². The van der Waals surface area contributed by atoms with Gasteiger partial charge in [0, 0.05) is 5.56 Å². The highest BCUT2D eigenvalue weighted by atomic mass is 19.1. The van der Waals surface area contributed by atoms with Gasteiger partial charge in [-0.1, -0.05) is 12.1 Å². The molecular formula is C12H7F2NO2. The summed E-state index contributed by atoms with van der Waals surface area (Å²) in [7, 11) is 0. The minimum Gasteiger partial charge on any atom is -0.478 e. The molecule has 5 heteroatoms. The van der Waals surface area contributed by atoms with E-state index >= 15 is 0 Å². The zero-order valence-corrected chi connectivity index (χ0v) is 8.52. The van der Waals surface area contributed by atoms with E-state index in [4.69, 9.17) is 5.11 Å². The van der Waals surface area contributed by atoms with Crippen molar-refractivity contribution in [2.75, 3.05) is 0 Å². The Balaban J connectivity index is 2.48. The van der Waals surface area contributed by atoms with E-state index in [0.29, 0.717) is 5.56 Å². The molecule has 0 aliphatic carbocycles. The molecule has 0 saturated heterocycles. The van der Waals surface area contributed by atoms with Gasteiger partial charge in [-0.15, -0.1) is 0 Å². The topological polar surface area (TPSA) is 50.2 Å². The van der Waals surface area contributed by atoms with Crippen molar-refractivity contribution in [2.45, 2.75) is 0 Å². The largest absolute Gasteiger partial charge is 0.478 e. The second-order valence-electron chi connectivity index (χ2n) is 3.35. The third-order valence-corrected chi connectivity index (χ3v) is 2.20. The number of carboxylic acids is 1. The van der Waals surface area contributed by atoms with Gasteiger partial charge in [-0.2, -0.15) is 4.39 Å². The highest BCUT2D eigenvalue weighted by molar-refractivity contribution is 5.87. The van der Waals surface area contributed by atoms with Crippen molar-refractivity contribution < 1.29 is 18.7 Å². The molecule has 0 radical (unpaired) electrons. The normalized spacial score (nSPS) is 10.2. The van der Waals surface area contributed by atoms with Crippen LogP contribution in [0.1, 0.15) is 10.4 Å². The Morgan fingerprint density at radius 1 is 1.18 bits per heavy atom. The van der Waals surface area contributed by atoms with Crippen LogP contribution in [0.5, 0.6) is 0 Å². The molecule has 86 valence electrons. The van der Waals surface area contributed by atoms with Crippen LogP contribution in [-0.2, 0) is 0 Å². The van der Waals surface area contributed by atoms with Crippen molar-refractivity contribution in [1.82, 2.24) is 4.98 Å². The van der Waals surface area contributed by atoms with Gasteiger partial charge in [0.2, 0.25) is 5.95 Å². The Kier molecular flexibility index (Phi) is 2.82. The molecule has 0 fully saturated rings. The van der Waals surface area contributed by atoms with Gasteiger partial charge in [-0.05, 0) is 24.3 Å². The Morgan fingerprint density at radius 2 is 1.94 bits per heavy atom. The minimum atomic E-state index is -1.39. The third kappa shape index (κ3) is 2.28. The van der Waals surface area contributed by atoms with Crippen LogP contribution >= 0.6 is 0 Å². The van der Waals surface area contributed by atoms with E-state index in [1.54, 1.807) is 6.07 Å². The second-order valence-corrected chi connectivity index (χ2v) is 3.35. The number of halogens is 2.